The Morgan fingerprint density at radius 2 is 2.08 bits per heavy atom. The van der Waals surface area contributed by atoms with Gasteiger partial charge in [-0.3, -0.25) is 9.59 Å². The van der Waals surface area contributed by atoms with Gasteiger partial charge in [0.25, 0.3) is 0 Å². The molecule has 0 aromatic heterocycles. The molecule has 0 saturated heterocycles. The summed E-state index contributed by atoms with van der Waals surface area (Å²) in [7, 11) is 0. The highest BCUT2D eigenvalue weighted by Gasteiger charge is 2.13. The van der Waals surface area contributed by atoms with Crippen LogP contribution in [-0.4, -0.2) is 24.4 Å². The lowest BCUT2D eigenvalue weighted by Gasteiger charge is -2.09. The summed E-state index contributed by atoms with van der Waals surface area (Å²) in [5.41, 5.74) is 0. The van der Waals surface area contributed by atoms with Gasteiger partial charge in [-0.1, -0.05) is 6.92 Å². The number of hydrogen-bond acceptors (Lipinski definition) is 3. The molecule has 1 atom stereocenters. The van der Waals surface area contributed by atoms with Crippen LogP contribution >= 0.6 is 0 Å². The highest BCUT2D eigenvalue weighted by Crippen LogP contribution is 1.86. The summed E-state index contributed by atoms with van der Waals surface area (Å²) in [5.74, 6) is -1.45. The Morgan fingerprint density at radius 1 is 1.46 bits per heavy atom. The maximum absolute atomic E-state index is 11.0. The first kappa shape index (κ1) is 11.4. The zero-order chi connectivity index (χ0) is 10.3. The predicted octanol–water partition coefficient (Wildman–Crippen LogP) is -0.459. The number of hydrogen-bond donors (Lipinski definition) is 2. The van der Waals surface area contributed by atoms with Crippen LogP contribution < -0.4 is 10.6 Å². The van der Waals surface area contributed by atoms with Crippen molar-refractivity contribution in [1.29, 1.82) is 5.26 Å². The van der Waals surface area contributed by atoms with Gasteiger partial charge in [-0.2, -0.15) is 5.26 Å². The maximum atomic E-state index is 11.0. The second-order valence-corrected chi connectivity index (χ2v) is 2.62. The van der Waals surface area contributed by atoms with Gasteiger partial charge in [-0.25, -0.2) is 0 Å². The van der Waals surface area contributed by atoms with E-state index >= 15 is 0 Å². The number of carbonyl (C=O) groups is 2. The van der Waals surface area contributed by atoms with Crippen LogP contribution in [0.4, 0.5) is 0 Å². The number of amides is 2. The Balaban J connectivity index is 3.84. The van der Waals surface area contributed by atoms with Gasteiger partial charge in [0, 0.05) is 6.04 Å². The van der Waals surface area contributed by atoms with Crippen molar-refractivity contribution < 1.29 is 9.59 Å². The number of nitriles is 1. The number of carbonyl (C=O) groups excluding carboxylic acids is 2. The second-order valence-electron chi connectivity index (χ2n) is 2.62. The maximum Gasteiger partial charge on any atom is 0.310 e. The van der Waals surface area contributed by atoms with Gasteiger partial charge in [0.1, 0.15) is 6.54 Å². The number of nitrogens with zero attached hydrogens (tertiary/aromatic N) is 1. The standard InChI is InChI=1S/C8H13N3O2/c1-3-6(2)11-8(13)7(12)10-5-4-9/h6H,3,5H2,1-2H3,(H,10,12)(H,11,13). The largest absolute Gasteiger partial charge is 0.345 e. The summed E-state index contributed by atoms with van der Waals surface area (Å²) in [6.45, 7) is 3.56. The van der Waals surface area contributed by atoms with Gasteiger partial charge in [0.05, 0.1) is 6.07 Å². The summed E-state index contributed by atoms with van der Waals surface area (Å²) in [6.07, 6.45) is 0.761. The van der Waals surface area contributed by atoms with Crippen molar-refractivity contribution in [3.63, 3.8) is 0 Å². The van der Waals surface area contributed by atoms with E-state index in [1.807, 2.05) is 6.92 Å². The molecule has 2 N–H and O–H groups in total. The molecular formula is C8H13N3O2. The van der Waals surface area contributed by atoms with E-state index in [4.69, 9.17) is 5.26 Å². The SMILES string of the molecule is CCC(C)NC(=O)C(=O)NCC#N. The van der Waals surface area contributed by atoms with Crippen LogP contribution in [-0.2, 0) is 9.59 Å². The first-order valence-electron chi connectivity index (χ1n) is 4.07. The molecule has 13 heavy (non-hydrogen) atoms. The Kier molecular flexibility index (Phi) is 5.28. The molecule has 0 bridgehead atoms. The van der Waals surface area contributed by atoms with Crippen molar-refractivity contribution in [3.8, 4) is 6.07 Å². The van der Waals surface area contributed by atoms with E-state index in [0.29, 0.717) is 0 Å². The van der Waals surface area contributed by atoms with E-state index in [1.165, 1.54) is 0 Å². The van der Waals surface area contributed by atoms with Gasteiger partial charge in [-0.15, -0.1) is 0 Å². The lowest BCUT2D eigenvalue weighted by molar-refractivity contribution is -0.139. The van der Waals surface area contributed by atoms with Crippen LogP contribution in [0.3, 0.4) is 0 Å². The molecule has 0 aromatic rings. The van der Waals surface area contributed by atoms with E-state index < -0.39 is 11.8 Å². The van der Waals surface area contributed by atoms with E-state index in [-0.39, 0.29) is 12.6 Å². The minimum absolute atomic E-state index is 0.0275. The molecule has 0 saturated carbocycles. The fraction of sp³-hybridized carbons (Fsp3) is 0.625. The predicted molar refractivity (Wildman–Crippen MR) is 46.5 cm³/mol. The lowest BCUT2D eigenvalue weighted by Crippen LogP contribution is -2.43. The highest BCUT2D eigenvalue weighted by atomic mass is 16.2. The Morgan fingerprint density at radius 3 is 2.54 bits per heavy atom. The van der Waals surface area contributed by atoms with Crippen LogP contribution in [0.15, 0.2) is 0 Å². The fourth-order valence-electron chi connectivity index (χ4n) is 0.591. The third-order valence-electron chi connectivity index (χ3n) is 1.52. The van der Waals surface area contributed by atoms with Crippen molar-refractivity contribution in [1.82, 2.24) is 10.6 Å². The summed E-state index contributed by atoms with van der Waals surface area (Å²) < 4.78 is 0. The van der Waals surface area contributed by atoms with Crippen molar-refractivity contribution in [3.05, 3.63) is 0 Å². The molecule has 5 heteroatoms. The molecule has 0 aliphatic rings. The normalized spacial score (nSPS) is 11.2. The van der Waals surface area contributed by atoms with Gasteiger partial charge in [0.15, 0.2) is 0 Å². The topological polar surface area (TPSA) is 82.0 Å². The summed E-state index contributed by atoms with van der Waals surface area (Å²) in [6, 6.07) is 1.68. The van der Waals surface area contributed by atoms with E-state index in [2.05, 4.69) is 10.6 Å². The number of rotatable bonds is 3. The smallest absolute Gasteiger partial charge is 0.310 e. The average Bonchev–Trinajstić information content (AvgIpc) is 2.13. The number of nitrogens with one attached hydrogen (secondary N) is 2. The van der Waals surface area contributed by atoms with Gasteiger partial charge in [-0.05, 0) is 13.3 Å². The molecule has 0 radical (unpaired) electrons. The van der Waals surface area contributed by atoms with Crippen LogP contribution in [0.2, 0.25) is 0 Å². The first-order chi connectivity index (χ1) is 6.11. The minimum atomic E-state index is -0.762. The Hall–Kier alpha value is -1.57. The molecule has 0 rings (SSSR count). The van der Waals surface area contributed by atoms with Crippen LogP contribution in [0.25, 0.3) is 0 Å². The molecule has 5 nitrogen and oxygen atoms in total. The molecule has 1 unspecified atom stereocenters. The van der Waals surface area contributed by atoms with E-state index in [0.717, 1.165) is 6.42 Å². The van der Waals surface area contributed by atoms with Gasteiger partial charge < -0.3 is 10.6 Å². The van der Waals surface area contributed by atoms with Crippen molar-refractivity contribution in [2.75, 3.05) is 6.54 Å². The molecule has 0 spiro atoms. The van der Waals surface area contributed by atoms with Crippen LogP contribution in [0.5, 0.6) is 0 Å². The van der Waals surface area contributed by atoms with Crippen molar-refractivity contribution in [2.45, 2.75) is 26.3 Å². The Labute approximate surface area is 77.1 Å². The van der Waals surface area contributed by atoms with Gasteiger partial charge >= 0.3 is 11.8 Å². The molecule has 0 aliphatic carbocycles. The third kappa shape index (κ3) is 4.80. The van der Waals surface area contributed by atoms with E-state index in [1.54, 1.807) is 13.0 Å². The molecule has 0 fully saturated rings. The molecule has 2 amide bonds. The minimum Gasteiger partial charge on any atom is -0.345 e. The third-order valence-corrected chi connectivity index (χ3v) is 1.52. The second kappa shape index (κ2) is 6.00. The quantitative estimate of drug-likeness (QED) is 0.459. The van der Waals surface area contributed by atoms with Gasteiger partial charge in [0.2, 0.25) is 0 Å². The van der Waals surface area contributed by atoms with Crippen LogP contribution in [0.1, 0.15) is 20.3 Å². The first-order valence-corrected chi connectivity index (χ1v) is 4.07. The average molecular weight is 183 g/mol. The Bertz CT molecular complexity index is 232. The molecule has 0 aromatic carbocycles. The molecular weight excluding hydrogens is 170 g/mol. The molecule has 0 aliphatic heterocycles. The lowest BCUT2D eigenvalue weighted by atomic mass is 10.2. The zero-order valence-electron chi connectivity index (χ0n) is 7.76. The summed E-state index contributed by atoms with van der Waals surface area (Å²) >= 11 is 0. The van der Waals surface area contributed by atoms with Crippen LogP contribution in [0, 0.1) is 11.3 Å². The molecule has 0 heterocycles. The highest BCUT2D eigenvalue weighted by molar-refractivity contribution is 6.35. The fourth-order valence-corrected chi connectivity index (χ4v) is 0.591. The van der Waals surface area contributed by atoms with Crippen molar-refractivity contribution in [2.24, 2.45) is 0 Å². The molecule has 72 valence electrons. The zero-order valence-corrected chi connectivity index (χ0v) is 7.76. The summed E-state index contributed by atoms with van der Waals surface area (Å²) in [4.78, 5) is 21.9. The van der Waals surface area contributed by atoms with E-state index in [9.17, 15) is 9.59 Å². The summed E-state index contributed by atoms with van der Waals surface area (Å²) in [5, 5.41) is 12.8. The monoisotopic (exact) mass is 183 g/mol. The van der Waals surface area contributed by atoms with Crippen molar-refractivity contribution >= 4 is 11.8 Å².